The summed E-state index contributed by atoms with van der Waals surface area (Å²) in [7, 11) is 1.58. The summed E-state index contributed by atoms with van der Waals surface area (Å²) >= 11 is 6.36. The lowest BCUT2D eigenvalue weighted by Crippen LogP contribution is -2.49. The van der Waals surface area contributed by atoms with Gasteiger partial charge in [0, 0.05) is 30.2 Å². The van der Waals surface area contributed by atoms with Crippen LogP contribution in [0.3, 0.4) is 0 Å². The van der Waals surface area contributed by atoms with Gasteiger partial charge in [-0.15, -0.1) is 12.4 Å². The summed E-state index contributed by atoms with van der Waals surface area (Å²) in [5.41, 5.74) is 1.58. The molecule has 1 fully saturated rings. The third-order valence-corrected chi connectivity index (χ3v) is 5.05. The van der Waals surface area contributed by atoms with Crippen molar-refractivity contribution in [3.8, 4) is 17.2 Å². The topological polar surface area (TPSA) is 80.5 Å². The van der Waals surface area contributed by atoms with Crippen molar-refractivity contribution in [3.63, 3.8) is 0 Å². The van der Waals surface area contributed by atoms with Gasteiger partial charge in [0.2, 0.25) is 0 Å². The normalized spacial score (nSPS) is 16.2. The summed E-state index contributed by atoms with van der Waals surface area (Å²) < 4.78 is 10.5. The Bertz CT molecular complexity index is 995. The molecule has 1 saturated heterocycles. The summed E-state index contributed by atoms with van der Waals surface area (Å²) in [5.74, 6) is 0.678. The number of ether oxygens (including phenoxy) is 1. The van der Waals surface area contributed by atoms with Crippen molar-refractivity contribution in [3.05, 3.63) is 64.9 Å². The molecule has 1 N–H and O–H groups in total. The highest BCUT2D eigenvalue weighted by Crippen LogP contribution is 2.30. The average Bonchev–Trinajstić information content (AvgIpc) is 3.24. The maximum absolute atomic E-state index is 13.1. The van der Waals surface area contributed by atoms with Crippen LogP contribution in [0.5, 0.6) is 5.75 Å². The molecule has 2 aromatic carbocycles. The van der Waals surface area contributed by atoms with Gasteiger partial charge in [0.1, 0.15) is 5.75 Å². The van der Waals surface area contributed by atoms with Crippen LogP contribution in [0, 0.1) is 0 Å². The molecule has 0 aliphatic carbocycles. The number of benzene rings is 2. The van der Waals surface area contributed by atoms with Crippen molar-refractivity contribution in [2.24, 2.45) is 0 Å². The third kappa shape index (κ3) is 4.37. The van der Waals surface area contributed by atoms with Crippen molar-refractivity contribution < 1.29 is 14.1 Å². The van der Waals surface area contributed by atoms with Gasteiger partial charge < -0.3 is 19.5 Å². The van der Waals surface area contributed by atoms with E-state index in [0.29, 0.717) is 36.0 Å². The minimum absolute atomic E-state index is 0. The lowest BCUT2D eigenvalue weighted by Gasteiger charge is -2.36. The first kappa shape index (κ1) is 21.1. The van der Waals surface area contributed by atoms with Crippen molar-refractivity contribution in [1.82, 2.24) is 20.4 Å². The molecular weight excluding hydrogens is 415 g/mol. The minimum Gasteiger partial charge on any atom is -0.497 e. The number of carbonyl (C=O) groups excluding carboxylic acids is 1. The van der Waals surface area contributed by atoms with Gasteiger partial charge in [0.25, 0.3) is 17.6 Å². The van der Waals surface area contributed by atoms with E-state index in [0.717, 1.165) is 5.56 Å². The lowest BCUT2D eigenvalue weighted by molar-refractivity contribution is 0.0618. The maximum Gasteiger partial charge on any atom is 0.295 e. The highest BCUT2D eigenvalue weighted by molar-refractivity contribution is 6.31. The lowest BCUT2D eigenvalue weighted by atomic mass is 10.0. The fourth-order valence-electron chi connectivity index (χ4n) is 3.28. The van der Waals surface area contributed by atoms with Crippen molar-refractivity contribution in [2.75, 3.05) is 26.7 Å². The summed E-state index contributed by atoms with van der Waals surface area (Å²) in [6.45, 7) is 1.82. The number of methoxy groups -OCH3 is 1. The van der Waals surface area contributed by atoms with Gasteiger partial charge in [0.15, 0.2) is 0 Å². The van der Waals surface area contributed by atoms with Crippen LogP contribution >= 0.6 is 24.0 Å². The second-order valence-electron chi connectivity index (χ2n) is 6.40. The van der Waals surface area contributed by atoms with E-state index < -0.39 is 0 Å². The van der Waals surface area contributed by atoms with E-state index in [2.05, 4.69) is 15.5 Å². The molecule has 1 aromatic heterocycles. The average molecular weight is 435 g/mol. The molecule has 0 saturated carbocycles. The zero-order valence-corrected chi connectivity index (χ0v) is 17.2. The van der Waals surface area contributed by atoms with Crippen LogP contribution in [-0.4, -0.2) is 47.7 Å². The highest BCUT2D eigenvalue weighted by Gasteiger charge is 2.32. The molecule has 152 valence electrons. The zero-order valence-electron chi connectivity index (χ0n) is 15.7. The Hall–Kier alpha value is -2.61. The van der Waals surface area contributed by atoms with Gasteiger partial charge in [-0.05, 0) is 29.8 Å². The molecule has 0 spiro atoms. The zero-order chi connectivity index (χ0) is 19.5. The van der Waals surface area contributed by atoms with Gasteiger partial charge in [-0.2, -0.15) is 4.98 Å². The Balaban J connectivity index is 0.00000240. The van der Waals surface area contributed by atoms with Crippen molar-refractivity contribution >= 4 is 29.9 Å². The Kier molecular flexibility index (Phi) is 6.74. The van der Waals surface area contributed by atoms with Gasteiger partial charge in [-0.1, -0.05) is 41.0 Å². The Labute approximate surface area is 179 Å². The highest BCUT2D eigenvalue weighted by atomic mass is 35.5. The summed E-state index contributed by atoms with van der Waals surface area (Å²) in [4.78, 5) is 19.1. The second kappa shape index (κ2) is 9.26. The van der Waals surface area contributed by atoms with Crippen LogP contribution in [0.1, 0.15) is 22.2 Å². The number of rotatable bonds is 4. The molecule has 1 aliphatic rings. The molecule has 0 bridgehead atoms. The molecule has 9 heteroatoms. The number of halogens is 2. The largest absolute Gasteiger partial charge is 0.497 e. The molecule has 4 rings (SSSR count). The van der Waals surface area contributed by atoms with Gasteiger partial charge in [-0.25, -0.2) is 0 Å². The van der Waals surface area contributed by atoms with E-state index in [1.807, 2.05) is 42.5 Å². The number of hydrogen-bond donors (Lipinski definition) is 1. The van der Waals surface area contributed by atoms with Crippen LogP contribution in [0.4, 0.5) is 0 Å². The molecular formula is C20H20Cl2N4O3. The molecule has 0 radical (unpaired) electrons. The molecule has 29 heavy (non-hydrogen) atoms. The van der Waals surface area contributed by atoms with E-state index in [4.69, 9.17) is 20.9 Å². The fourth-order valence-corrected chi connectivity index (χ4v) is 3.54. The second-order valence-corrected chi connectivity index (χ2v) is 6.80. The van der Waals surface area contributed by atoms with Crippen molar-refractivity contribution in [1.29, 1.82) is 0 Å². The first-order chi connectivity index (χ1) is 13.7. The Morgan fingerprint density at radius 3 is 2.90 bits per heavy atom. The summed E-state index contributed by atoms with van der Waals surface area (Å²) in [6, 6.07) is 14.6. The van der Waals surface area contributed by atoms with Crippen LogP contribution in [0.2, 0.25) is 5.02 Å². The molecule has 1 amide bonds. The van der Waals surface area contributed by atoms with E-state index >= 15 is 0 Å². The number of carbonyl (C=O) groups is 1. The number of nitrogens with one attached hydrogen (secondary N) is 1. The van der Waals surface area contributed by atoms with Crippen LogP contribution < -0.4 is 10.1 Å². The SMILES string of the molecule is COc1cccc(-c2nc(C(=O)N3CCNCC3c3ccccc3Cl)no2)c1.Cl. The van der Waals surface area contributed by atoms with E-state index in [1.54, 1.807) is 18.1 Å². The number of amides is 1. The molecule has 3 aromatic rings. The number of nitrogens with zero attached hydrogens (tertiary/aromatic N) is 3. The van der Waals surface area contributed by atoms with Gasteiger partial charge >= 0.3 is 0 Å². The van der Waals surface area contributed by atoms with E-state index in [9.17, 15) is 4.79 Å². The third-order valence-electron chi connectivity index (χ3n) is 4.70. The standard InChI is InChI=1S/C20H19ClN4O3.ClH/c1-27-14-6-4-5-13(11-14)19-23-18(24-28-19)20(26)25-10-9-22-12-17(25)15-7-2-3-8-16(15)21;/h2-8,11,17,22H,9-10,12H2,1H3;1H. The monoisotopic (exact) mass is 434 g/mol. The number of hydrogen-bond acceptors (Lipinski definition) is 6. The predicted molar refractivity (Wildman–Crippen MR) is 112 cm³/mol. The molecule has 1 unspecified atom stereocenters. The van der Waals surface area contributed by atoms with Crippen LogP contribution in [0.15, 0.2) is 53.1 Å². The number of aromatic nitrogens is 2. The van der Waals surface area contributed by atoms with Crippen LogP contribution in [-0.2, 0) is 0 Å². The van der Waals surface area contributed by atoms with Gasteiger partial charge in [0.05, 0.1) is 13.2 Å². The maximum atomic E-state index is 13.1. The first-order valence-electron chi connectivity index (χ1n) is 8.91. The van der Waals surface area contributed by atoms with Crippen LogP contribution in [0.25, 0.3) is 11.5 Å². The smallest absolute Gasteiger partial charge is 0.295 e. The van der Waals surface area contributed by atoms with E-state index in [1.165, 1.54) is 0 Å². The minimum atomic E-state index is -0.288. The first-order valence-corrected chi connectivity index (χ1v) is 9.29. The predicted octanol–water partition coefficient (Wildman–Crippen LogP) is 3.61. The van der Waals surface area contributed by atoms with Gasteiger partial charge in [-0.3, -0.25) is 4.79 Å². The Morgan fingerprint density at radius 1 is 1.28 bits per heavy atom. The fraction of sp³-hybridized carbons (Fsp3) is 0.250. The van der Waals surface area contributed by atoms with E-state index in [-0.39, 0.29) is 36.1 Å². The molecule has 1 atom stereocenters. The quantitative estimate of drug-likeness (QED) is 0.675. The number of piperazine rings is 1. The molecule has 1 aliphatic heterocycles. The summed E-state index contributed by atoms with van der Waals surface area (Å²) in [6.07, 6.45) is 0. The Morgan fingerprint density at radius 2 is 2.10 bits per heavy atom. The van der Waals surface area contributed by atoms with Crippen molar-refractivity contribution in [2.45, 2.75) is 6.04 Å². The summed E-state index contributed by atoms with van der Waals surface area (Å²) in [5, 5.41) is 7.84. The molecule has 7 nitrogen and oxygen atoms in total. The molecule has 2 heterocycles.